The van der Waals surface area contributed by atoms with Crippen LogP contribution >= 0.6 is 0 Å². The molecular formula is C22H22N2O3. The third-order valence-electron chi connectivity index (χ3n) is 4.88. The molecule has 27 heavy (non-hydrogen) atoms. The molecule has 0 saturated heterocycles. The van der Waals surface area contributed by atoms with Gasteiger partial charge in [-0.1, -0.05) is 47.6 Å². The van der Waals surface area contributed by atoms with Gasteiger partial charge in [0.25, 0.3) is 5.91 Å². The zero-order valence-corrected chi connectivity index (χ0v) is 15.5. The molecule has 0 unspecified atom stereocenters. The smallest absolute Gasteiger partial charge is 0.260 e. The molecule has 1 aromatic heterocycles. The average Bonchev–Trinajstić information content (AvgIpc) is 3.48. The van der Waals surface area contributed by atoms with Gasteiger partial charge in [-0.25, -0.2) is 0 Å². The fourth-order valence-electron chi connectivity index (χ4n) is 3.24. The van der Waals surface area contributed by atoms with E-state index in [1.807, 2.05) is 59.5 Å². The van der Waals surface area contributed by atoms with Crippen molar-refractivity contribution in [3.05, 3.63) is 71.5 Å². The Morgan fingerprint density at radius 2 is 1.85 bits per heavy atom. The normalized spacial score (nSPS) is 13.4. The van der Waals surface area contributed by atoms with Crippen LogP contribution in [0.25, 0.3) is 11.3 Å². The molecule has 1 saturated carbocycles. The summed E-state index contributed by atoms with van der Waals surface area (Å²) in [6, 6.07) is 17.8. The summed E-state index contributed by atoms with van der Waals surface area (Å²) in [6.45, 7) is 2.36. The van der Waals surface area contributed by atoms with Crippen molar-refractivity contribution in [3.8, 4) is 17.0 Å². The number of aromatic nitrogens is 1. The summed E-state index contributed by atoms with van der Waals surface area (Å²) in [5.74, 6) is 1.34. The van der Waals surface area contributed by atoms with Crippen molar-refractivity contribution < 1.29 is 14.1 Å². The highest BCUT2D eigenvalue weighted by atomic mass is 16.5. The van der Waals surface area contributed by atoms with E-state index < -0.39 is 0 Å². The maximum absolute atomic E-state index is 13.4. The van der Waals surface area contributed by atoms with E-state index >= 15 is 0 Å². The van der Waals surface area contributed by atoms with Crippen LogP contribution in [0.4, 0.5) is 0 Å². The SMILES string of the molecule is COc1ccc(CN(C(=O)c2c(-c3ccccc3)noc2C)C2CC2)cc1. The summed E-state index contributed by atoms with van der Waals surface area (Å²) in [5, 5.41) is 4.16. The second-order valence-electron chi connectivity index (χ2n) is 6.84. The maximum Gasteiger partial charge on any atom is 0.260 e. The van der Waals surface area contributed by atoms with E-state index in [0.717, 1.165) is 29.7 Å². The lowest BCUT2D eigenvalue weighted by molar-refractivity contribution is 0.0729. The molecule has 5 nitrogen and oxygen atoms in total. The molecule has 2 aromatic carbocycles. The topological polar surface area (TPSA) is 55.6 Å². The van der Waals surface area contributed by atoms with Crippen LogP contribution in [0.1, 0.15) is 34.5 Å². The second kappa shape index (κ2) is 7.27. The van der Waals surface area contributed by atoms with Gasteiger partial charge < -0.3 is 14.2 Å². The predicted octanol–water partition coefficient (Wildman–Crippen LogP) is 4.46. The Kier molecular flexibility index (Phi) is 4.67. The summed E-state index contributed by atoms with van der Waals surface area (Å²) < 4.78 is 10.6. The lowest BCUT2D eigenvalue weighted by atomic mass is 10.0. The summed E-state index contributed by atoms with van der Waals surface area (Å²) >= 11 is 0. The molecule has 3 aromatic rings. The monoisotopic (exact) mass is 362 g/mol. The van der Waals surface area contributed by atoms with Crippen molar-refractivity contribution in [2.45, 2.75) is 32.4 Å². The lowest BCUT2D eigenvalue weighted by Crippen LogP contribution is -2.33. The molecule has 0 bridgehead atoms. The Labute approximate surface area is 158 Å². The lowest BCUT2D eigenvalue weighted by Gasteiger charge is -2.23. The second-order valence-corrected chi connectivity index (χ2v) is 6.84. The molecule has 1 aliphatic rings. The third kappa shape index (κ3) is 3.58. The van der Waals surface area contributed by atoms with Crippen molar-refractivity contribution in [2.24, 2.45) is 0 Å². The van der Waals surface area contributed by atoms with Gasteiger partial charge in [0.2, 0.25) is 0 Å². The quantitative estimate of drug-likeness (QED) is 0.649. The molecule has 0 aliphatic heterocycles. The highest BCUT2D eigenvalue weighted by Crippen LogP contribution is 2.33. The van der Waals surface area contributed by atoms with Gasteiger partial charge in [0.05, 0.1) is 7.11 Å². The molecule has 1 amide bonds. The summed E-state index contributed by atoms with van der Waals surface area (Å²) in [5.41, 5.74) is 3.13. The van der Waals surface area contributed by atoms with Gasteiger partial charge in [0, 0.05) is 18.2 Å². The first kappa shape index (κ1) is 17.3. The number of nitrogens with zero attached hydrogens (tertiary/aromatic N) is 2. The van der Waals surface area contributed by atoms with Crippen molar-refractivity contribution in [3.63, 3.8) is 0 Å². The number of hydrogen-bond donors (Lipinski definition) is 0. The third-order valence-corrected chi connectivity index (χ3v) is 4.88. The summed E-state index contributed by atoms with van der Waals surface area (Å²) in [7, 11) is 1.65. The first-order chi connectivity index (χ1) is 13.2. The Bertz CT molecular complexity index is 928. The number of benzene rings is 2. The predicted molar refractivity (Wildman–Crippen MR) is 103 cm³/mol. The highest BCUT2D eigenvalue weighted by Gasteiger charge is 2.36. The van der Waals surface area contributed by atoms with Crippen LogP contribution in [0.3, 0.4) is 0 Å². The first-order valence-corrected chi connectivity index (χ1v) is 9.13. The number of carbonyl (C=O) groups excluding carboxylic acids is 1. The fraction of sp³-hybridized carbons (Fsp3) is 0.273. The zero-order valence-electron chi connectivity index (χ0n) is 15.5. The van der Waals surface area contributed by atoms with E-state index in [-0.39, 0.29) is 11.9 Å². The average molecular weight is 362 g/mol. The minimum Gasteiger partial charge on any atom is -0.497 e. The Hall–Kier alpha value is -3.08. The molecule has 0 radical (unpaired) electrons. The van der Waals surface area contributed by atoms with Gasteiger partial charge in [0.1, 0.15) is 22.8 Å². The molecule has 1 aliphatic carbocycles. The minimum absolute atomic E-state index is 0.0223. The van der Waals surface area contributed by atoms with Crippen LogP contribution in [-0.4, -0.2) is 29.1 Å². The Balaban J connectivity index is 1.64. The molecule has 5 heteroatoms. The van der Waals surface area contributed by atoms with Crippen LogP contribution in [0.5, 0.6) is 5.75 Å². The highest BCUT2D eigenvalue weighted by molar-refractivity contribution is 6.01. The largest absolute Gasteiger partial charge is 0.497 e. The minimum atomic E-state index is -0.0223. The zero-order chi connectivity index (χ0) is 18.8. The molecule has 1 heterocycles. The van der Waals surface area contributed by atoms with Crippen LogP contribution < -0.4 is 4.74 Å². The molecule has 0 spiro atoms. The first-order valence-electron chi connectivity index (χ1n) is 9.13. The number of aryl methyl sites for hydroxylation is 1. The van der Waals surface area contributed by atoms with E-state index in [4.69, 9.17) is 9.26 Å². The van der Waals surface area contributed by atoms with Crippen molar-refractivity contribution in [1.82, 2.24) is 10.1 Å². The van der Waals surface area contributed by atoms with Gasteiger partial charge in [-0.2, -0.15) is 0 Å². The van der Waals surface area contributed by atoms with Gasteiger partial charge in [-0.3, -0.25) is 4.79 Å². The van der Waals surface area contributed by atoms with Crippen molar-refractivity contribution >= 4 is 5.91 Å². The number of ether oxygens (including phenoxy) is 1. The van der Waals surface area contributed by atoms with Gasteiger partial charge in [0.15, 0.2) is 0 Å². The molecule has 1 fully saturated rings. The van der Waals surface area contributed by atoms with E-state index in [2.05, 4.69) is 5.16 Å². The fourth-order valence-corrected chi connectivity index (χ4v) is 3.24. The number of carbonyl (C=O) groups is 1. The summed E-state index contributed by atoms with van der Waals surface area (Å²) in [6.07, 6.45) is 2.07. The van der Waals surface area contributed by atoms with Gasteiger partial charge in [-0.15, -0.1) is 0 Å². The van der Waals surface area contributed by atoms with Crippen LogP contribution in [0.15, 0.2) is 59.1 Å². The molecule has 0 N–H and O–H groups in total. The van der Waals surface area contributed by atoms with E-state index in [1.54, 1.807) is 14.0 Å². The van der Waals surface area contributed by atoms with Crippen molar-refractivity contribution in [1.29, 1.82) is 0 Å². The van der Waals surface area contributed by atoms with E-state index in [0.29, 0.717) is 23.6 Å². The molecule has 138 valence electrons. The summed E-state index contributed by atoms with van der Waals surface area (Å²) in [4.78, 5) is 15.4. The van der Waals surface area contributed by atoms with Gasteiger partial charge in [-0.05, 0) is 37.5 Å². The number of amides is 1. The Morgan fingerprint density at radius 1 is 1.15 bits per heavy atom. The van der Waals surface area contributed by atoms with Gasteiger partial charge >= 0.3 is 0 Å². The molecule has 0 atom stereocenters. The van der Waals surface area contributed by atoms with E-state index in [9.17, 15) is 4.79 Å². The Morgan fingerprint density at radius 3 is 2.48 bits per heavy atom. The van der Waals surface area contributed by atoms with Crippen LogP contribution in [0.2, 0.25) is 0 Å². The van der Waals surface area contributed by atoms with Crippen LogP contribution in [0, 0.1) is 6.92 Å². The maximum atomic E-state index is 13.4. The van der Waals surface area contributed by atoms with Crippen LogP contribution in [-0.2, 0) is 6.54 Å². The number of methoxy groups -OCH3 is 1. The van der Waals surface area contributed by atoms with Crippen molar-refractivity contribution in [2.75, 3.05) is 7.11 Å². The number of rotatable bonds is 6. The van der Waals surface area contributed by atoms with E-state index in [1.165, 1.54) is 0 Å². The number of hydrogen-bond acceptors (Lipinski definition) is 4. The standard InChI is InChI=1S/C22H22N2O3/c1-15-20(21(23-27-15)17-6-4-3-5-7-17)22(25)24(18-10-11-18)14-16-8-12-19(26-2)13-9-16/h3-9,12-13,18H,10-11,14H2,1-2H3. The molecular weight excluding hydrogens is 340 g/mol. The molecule has 4 rings (SSSR count).